The summed E-state index contributed by atoms with van der Waals surface area (Å²) < 4.78 is 0. The molecule has 0 spiro atoms. The van der Waals surface area contributed by atoms with E-state index in [1.54, 1.807) is 6.20 Å². The lowest BCUT2D eigenvalue weighted by atomic mass is 9.71. The summed E-state index contributed by atoms with van der Waals surface area (Å²) in [6.07, 6.45) is 6.59. The van der Waals surface area contributed by atoms with Crippen LogP contribution >= 0.6 is 0 Å². The average molecular weight is 410 g/mol. The van der Waals surface area contributed by atoms with Gasteiger partial charge in [0.05, 0.1) is 18.3 Å². The molecule has 1 unspecified atom stereocenters. The molecule has 1 aromatic carbocycles. The smallest absolute Gasteiger partial charge is 0.271 e. The first-order valence-electron chi connectivity index (χ1n) is 10.8. The van der Waals surface area contributed by atoms with E-state index in [1.165, 1.54) is 11.1 Å². The van der Waals surface area contributed by atoms with Crippen molar-refractivity contribution >= 4 is 17.5 Å². The molecule has 1 saturated carbocycles. The molecule has 1 fully saturated rings. The van der Waals surface area contributed by atoms with Gasteiger partial charge in [0.1, 0.15) is 5.82 Å². The van der Waals surface area contributed by atoms with Crippen LogP contribution in [0.2, 0.25) is 0 Å². The highest BCUT2D eigenvalue weighted by atomic mass is 16.3. The molecule has 1 aromatic heterocycles. The minimum Gasteiger partial charge on any atom is -0.393 e. The number of carbonyl (C=O) groups excluding carboxylic acids is 1. The van der Waals surface area contributed by atoms with Crippen molar-refractivity contribution in [1.82, 2.24) is 9.97 Å². The number of nitrogens with one attached hydrogen (secondary N) is 2. The Balaban J connectivity index is 1.58. The summed E-state index contributed by atoms with van der Waals surface area (Å²) in [7, 11) is 0. The van der Waals surface area contributed by atoms with Gasteiger partial charge in [-0.25, -0.2) is 9.97 Å². The van der Waals surface area contributed by atoms with Crippen LogP contribution in [-0.2, 0) is 5.41 Å². The van der Waals surface area contributed by atoms with Gasteiger partial charge in [0.2, 0.25) is 0 Å². The molecule has 160 valence electrons. The Morgan fingerprint density at radius 2 is 2.00 bits per heavy atom. The lowest BCUT2D eigenvalue weighted by Gasteiger charge is -2.37. The maximum atomic E-state index is 11.9. The van der Waals surface area contributed by atoms with Crippen LogP contribution in [0.25, 0.3) is 0 Å². The van der Waals surface area contributed by atoms with Crippen molar-refractivity contribution in [2.24, 2.45) is 5.73 Å². The number of aliphatic hydroxyl groups is 1. The van der Waals surface area contributed by atoms with E-state index in [4.69, 9.17) is 5.73 Å². The molecule has 2 aromatic rings. The van der Waals surface area contributed by atoms with Crippen LogP contribution in [0.5, 0.6) is 0 Å². The zero-order chi connectivity index (χ0) is 21.3. The number of aliphatic hydroxyl groups excluding tert-OH is 1. The fraction of sp³-hybridized carbons (Fsp3) is 0.522. The maximum Gasteiger partial charge on any atom is 0.271 e. The lowest BCUT2D eigenvalue weighted by Crippen LogP contribution is -2.32. The van der Waals surface area contributed by atoms with Crippen LogP contribution in [0.3, 0.4) is 0 Å². The van der Waals surface area contributed by atoms with Gasteiger partial charge in [-0.05, 0) is 55.1 Å². The third-order valence-electron chi connectivity index (χ3n) is 6.44. The number of nitrogens with zero attached hydrogens (tertiary/aromatic N) is 2. The fourth-order valence-electron chi connectivity index (χ4n) is 4.77. The average Bonchev–Trinajstić information content (AvgIpc) is 2.70. The molecule has 2 aliphatic rings. The summed E-state index contributed by atoms with van der Waals surface area (Å²) >= 11 is 0. The predicted molar refractivity (Wildman–Crippen MR) is 118 cm³/mol. The number of carbonyl (C=O) groups is 1. The van der Waals surface area contributed by atoms with E-state index in [0.29, 0.717) is 18.1 Å². The van der Waals surface area contributed by atoms with Crippen LogP contribution in [-0.4, -0.2) is 33.1 Å². The highest BCUT2D eigenvalue weighted by molar-refractivity contribution is 5.95. The number of amides is 1. The molecule has 0 bridgehead atoms. The van der Waals surface area contributed by atoms with Crippen molar-refractivity contribution in [1.29, 1.82) is 0 Å². The van der Waals surface area contributed by atoms with Gasteiger partial charge in [-0.15, -0.1) is 0 Å². The van der Waals surface area contributed by atoms with Crippen LogP contribution in [0.1, 0.15) is 80.0 Å². The van der Waals surface area contributed by atoms with Gasteiger partial charge in [-0.2, -0.15) is 0 Å². The summed E-state index contributed by atoms with van der Waals surface area (Å²) in [4.78, 5) is 20.8. The van der Waals surface area contributed by atoms with Gasteiger partial charge < -0.3 is 21.5 Å². The van der Waals surface area contributed by atoms with E-state index in [-0.39, 0.29) is 29.3 Å². The molecule has 7 nitrogen and oxygen atoms in total. The van der Waals surface area contributed by atoms with Gasteiger partial charge in [-0.1, -0.05) is 38.1 Å². The monoisotopic (exact) mass is 409 g/mol. The molecule has 1 heterocycles. The number of aromatic nitrogens is 2. The molecule has 3 atom stereocenters. The highest BCUT2D eigenvalue weighted by Crippen LogP contribution is 2.42. The number of nitrogens with two attached hydrogens (primary N) is 1. The summed E-state index contributed by atoms with van der Waals surface area (Å²) in [5, 5.41) is 16.8. The SMILES string of the molecule is CC1(C)CCC(Nc2cnc(C(N)=O)c(N[C@@H]3CCC[C@H](O)C3)n2)c2ccccc21. The molecular weight excluding hydrogens is 378 g/mol. The van der Waals surface area contributed by atoms with Crippen LogP contribution in [0.15, 0.2) is 30.5 Å². The van der Waals surface area contributed by atoms with Crippen LogP contribution in [0, 0.1) is 0 Å². The molecule has 2 aliphatic carbocycles. The summed E-state index contributed by atoms with van der Waals surface area (Å²) in [5.41, 5.74) is 8.43. The Bertz CT molecular complexity index is 930. The van der Waals surface area contributed by atoms with E-state index in [2.05, 4.69) is 58.7 Å². The molecular formula is C23H31N5O2. The van der Waals surface area contributed by atoms with E-state index in [0.717, 1.165) is 32.1 Å². The molecule has 1 amide bonds. The van der Waals surface area contributed by atoms with Crippen molar-refractivity contribution in [3.8, 4) is 0 Å². The Morgan fingerprint density at radius 1 is 1.20 bits per heavy atom. The van der Waals surface area contributed by atoms with Gasteiger partial charge in [0.25, 0.3) is 5.91 Å². The standard InChI is InChI=1S/C23H31N5O2/c1-23(2)11-10-18(16-8-3-4-9-17(16)23)27-19-13-25-20(21(24)30)22(28-19)26-14-6-5-7-15(29)12-14/h3-4,8-9,13-15,18,29H,5-7,10-12H2,1-2H3,(H2,24,30)(H2,26,27,28)/t14-,15+,18?/m1/s1. The van der Waals surface area contributed by atoms with E-state index >= 15 is 0 Å². The molecule has 4 rings (SSSR count). The quantitative estimate of drug-likeness (QED) is 0.601. The van der Waals surface area contributed by atoms with Crippen molar-refractivity contribution in [2.45, 2.75) is 76.0 Å². The third-order valence-corrected chi connectivity index (χ3v) is 6.44. The normalized spacial score (nSPS) is 25.2. The van der Waals surface area contributed by atoms with Crippen molar-refractivity contribution < 1.29 is 9.90 Å². The molecule has 5 N–H and O–H groups in total. The molecule has 30 heavy (non-hydrogen) atoms. The number of hydrogen-bond acceptors (Lipinski definition) is 6. The number of rotatable bonds is 5. The van der Waals surface area contributed by atoms with Gasteiger partial charge in [0, 0.05) is 6.04 Å². The van der Waals surface area contributed by atoms with Gasteiger partial charge >= 0.3 is 0 Å². The van der Waals surface area contributed by atoms with Gasteiger partial charge in [0.15, 0.2) is 11.5 Å². The Kier molecular flexibility index (Phi) is 5.64. The first-order chi connectivity index (χ1) is 14.3. The van der Waals surface area contributed by atoms with E-state index in [9.17, 15) is 9.90 Å². The minimum absolute atomic E-state index is 0.0487. The Labute approximate surface area is 177 Å². The summed E-state index contributed by atoms with van der Waals surface area (Å²) in [6.45, 7) is 4.56. The number of anilines is 2. The van der Waals surface area contributed by atoms with Crippen molar-refractivity contribution in [3.63, 3.8) is 0 Å². The first kappa shape index (κ1) is 20.6. The fourth-order valence-corrected chi connectivity index (χ4v) is 4.77. The van der Waals surface area contributed by atoms with Gasteiger partial charge in [-0.3, -0.25) is 4.79 Å². The van der Waals surface area contributed by atoms with Crippen molar-refractivity contribution in [3.05, 3.63) is 47.3 Å². The van der Waals surface area contributed by atoms with Crippen LogP contribution < -0.4 is 16.4 Å². The zero-order valence-corrected chi connectivity index (χ0v) is 17.7. The second kappa shape index (κ2) is 8.22. The number of hydrogen-bond donors (Lipinski definition) is 4. The Morgan fingerprint density at radius 3 is 2.77 bits per heavy atom. The Hall–Kier alpha value is -2.67. The first-order valence-corrected chi connectivity index (χ1v) is 10.8. The maximum absolute atomic E-state index is 11.9. The number of primary amides is 1. The van der Waals surface area contributed by atoms with Crippen LogP contribution in [0.4, 0.5) is 11.6 Å². The lowest BCUT2D eigenvalue weighted by molar-refractivity contribution is 0.0996. The summed E-state index contributed by atoms with van der Waals surface area (Å²) in [6, 6.07) is 8.71. The van der Waals surface area contributed by atoms with Crippen molar-refractivity contribution in [2.75, 3.05) is 10.6 Å². The van der Waals surface area contributed by atoms with E-state index in [1.807, 2.05) is 0 Å². The summed E-state index contributed by atoms with van der Waals surface area (Å²) in [5.74, 6) is 0.382. The third kappa shape index (κ3) is 4.26. The zero-order valence-electron chi connectivity index (χ0n) is 17.7. The second-order valence-corrected chi connectivity index (χ2v) is 9.19. The second-order valence-electron chi connectivity index (χ2n) is 9.19. The van der Waals surface area contributed by atoms with E-state index < -0.39 is 5.91 Å². The number of benzene rings is 1. The molecule has 0 aliphatic heterocycles. The topological polar surface area (TPSA) is 113 Å². The molecule has 7 heteroatoms. The molecule has 0 radical (unpaired) electrons. The minimum atomic E-state index is -0.613. The highest BCUT2D eigenvalue weighted by Gasteiger charge is 2.32. The number of fused-ring (bicyclic) bond motifs is 1. The predicted octanol–water partition coefficient (Wildman–Crippen LogP) is 3.52. The largest absolute Gasteiger partial charge is 0.393 e. The molecule has 0 saturated heterocycles.